The van der Waals surface area contributed by atoms with Crippen LogP contribution in [0.4, 0.5) is 11.5 Å². The van der Waals surface area contributed by atoms with E-state index in [0.717, 1.165) is 21.2 Å². The molecule has 0 spiro atoms. The molecule has 0 saturated heterocycles. The summed E-state index contributed by atoms with van der Waals surface area (Å²) in [7, 11) is 0. The second kappa shape index (κ2) is 5.38. The molecule has 100 valence electrons. The van der Waals surface area contributed by atoms with Crippen LogP contribution in [0.25, 0.3) is 10.8 Å². The van der Waals surface area contributed by atoms with Gasteiger partial charge in [0, 0.05) is 21.9 Å². The van der Waals surface area contributed by atoms with Gasteiger partial charge in [-0.15, -0.1) is 0 Å². The number of fused-ring (bicyclic) bond motifs is 1. The minimum absolute atomic E-state index is 0.247. The maximum atomic E-state index is 5.86. The predicted molar refractivity (Wildman–Crippen MR) is 86.7 cm³/mol. The van der Waals surface area contributed by atoms with Crippen molar-refractivity contribution in [3.05, 3.63) is 57.9 Å². The van der Waals surface area contributed by atoms with Crippen molar-refractivity contribution in [3.8, 4) is 0 Å². The van der Waals surface area contributed by atoms with Gasteiger partial charge in [0.2, 0.25) is 5.28 Å². The zero-order chi connectivity index (χ0) is 14.1. The van der Waals surface area contributed by atoms with E-state index in [1.54, 1.807) is 0 Å². The Hall–Kier alpha value is -1.65. The van der Waals surface area contributed by atoms with Crippen molar-refractivity contribution in [2.75, 3.05) is 5.32 Å². The highest BCUT2D eigenvalue weighted by Gasteiger charge is 2.02. The molecule has 2 aromatic carbocycles. The SMILES string of the molecule is Cc1cc(Nc2ccc3cc(Br)ccc3c2)nc(Cl)n1. The average Bonchev–Trinajstić information content (AvgIpc) is 2.38. The van der Waals surface area contributed by atoms with Crippen molar-refractivity contribution >= 4 is 49.8 Å². The standard InChI is InChI=1S/C15H11BrClN3/c1-9-6-14(20-15(17)18-9)19-13-5-3-10-7-12(16)4-2-11(10)8-13/h2-8H,1H3,(H,18,19,20). The van der Waals surface area contributed by atoms with Gasteiger partial charge in [-0.05, 0) is 53.6 Å². The summed E-state index contributed by atoms with van der Waals surface area (Å²) >= 11 is 9.33. The Kier molecular flexibility index (Phi) is 3.59. The fourth-order valence-electron chi connectivity index (χ4n) is 2.04. The molecule has 0 aliphatic rings. The molecule has 0 saturated carbocycles. The van der Waals surface area contributed by atoms with Crippen LogP contribution >= 0.6 is 27.5 Å². The van der Waals surface area contributed by atoms with E-state index in [1.807, 2.05) is 25.1 Å². The van der Waals surface area contributed by atoms with Crippen molar-refractivity contribution in [2.24, 2.45) is 0 Å². The monoisotopic (exact) mass is 347 g/mol. The molecule has 3 aromatic rings. The molecule has 3 rings (SSSR count). The number of rotatable bonds is 2. The first-order valence-electron chi connectivity index (χ1n) is 6.08. The first-order valence-corrected chi connectivity index (χ1v) is 7.25. The van der Waals surface area contributed by atoms with Gasteiger partial charge in [-0.1, -0.05) is 28.1 Å². The lowest BCUT2D eigenvalue weighted by Crippen LogP contribution is -1.96. The molecule has 20 heavy (non-hydrogen) atoms. The van der Waals surface area contributed by atoms with Crippen LogP contribution in [0, 0.1) is 6.92 Å². The van der Waals surface area contributed by atoms with E-state index in [9.17, 15) is 0 Å². The summed E-state index contributed by atoms with van der Waals surface area (Å²) in [6.07, 6.45) is 0. The molecule has 0 bridgehead atoms. The number of hydrogen-bond donors (Lipinski definition) is 1. The van der Waals surface area contributed by atoms with E-state index in [1.165, 1.54) is 5.39 Å². The molecule has 1 aromatic heterocycles. The van der Waals surface area contributed by atoms with E-state index in [-0.39, 0.29) is 5.28 Å². The number of nitrogens with one attached hydrogen (secondary N) is 1. The van der Waals surface area contributed by atoms with E-state index in [4.69, 9.17) is 11.6 Å². The van der Waals surface area contributed by atoms with Crippen LogP contribution in [0.15, 0.2) is 46.9 Å². The second-order valence-electron chi connectivity index (χ2n) is 4.49. The first-order chi connectivity index (χ1) is 9.60. The van der Waals surface area contributed by atoms with Gasteiger partial charge in [-0.3, -0.25) is 0 Å². The van der Waals surface area contributed by atoms with E-state index in [2.05, 4.69) is 55.5 Å². The summed E-state index contributed by atoms with van der Waals surface area (Å²) in [5.74, 6) is 0.693. The molecular weight excluding hydrogens is 338 g/mol. The molecule has 1 heterocycles. The van der Waals surface area contributed by atoms with Crippen LogP contribution in [0.1, 0.15) is 5.69 Å². The molecule has 0 atom stereocenters. The molecule has 1 N–H and O–H groups in total. The third-order valence-corrected chi connectivity index (χ3v) is 3.56. The molecule has 3 nitrogen and oxygen atoms in total. The fraction of sp³-hybridized carbons (Fsp3) is 0.0667. The normalized spacial score (nSPS) is 10.8. The summed E-state index contributed by atoms with van der Waals surface area (Å²) in [5, 5.41) is 5.84. The maximum absolute atomic E-state index is 5.86. The maximum Gasteiger partial charge on any atom is 0.224 e. The predicted octanol–water partition coefficient (Wildman–Crippen LogP) is 5.10. The second-order valence-corrected chi connectivity index (χ2v) is 5.75. The number of nitrogens with zero attached hydrogens (tertiary/aromatic N) is 2. The Bertz CT molecular complexity index is 769. The van der Waals surface area contributed by atoms with Gasteiger partial charge in [0.25, 0.3) is 0 Å². The van der Waals surface area contributed by atoms with Gasteiger partial charge >= 0.3 is 0 Å². The average molecular weight is 349 g/mol. The highest BCUT2D eigenvalue weighted by Crippen LogP contribution is 2.24. The van der Waals surface area contributed by atoms with Gasteiger partial charge in [-0.25, -0.2) is 9.97 Å². The van der Waals surface area contributed by atoms with Crippen LogP contribution in [-0.2, 0) is 0 Å². The molecule has 0 amide bonds. The van der Waals surface area contributed by atoms with Gasteiger partial charge < -0.3 is 5.32 Å². The zero-order valence-electron chi connectivity index (χ0n) is 10.7. The van der Waals surface area contributed by atoms with Crippen molar-refractivity contribution < 1.29 is 0 Å². The lowest BCUT2D eigenvalue weighted by Gasteiger charge is -2.08. The van der Waals surface area contributed by atoms with Gasteiger partial charge in [0.15, 0.2) is 0 Å². The molecule has 0 aliphatic carbocycles. The third-order valence-electron chi connectivity index (χ3n) is 2.90. The molecule has 0 unspecified atom stereocenters. The minimum atomic E-state index is 0.247. The Labute approximate surface area is 130 Å². The third kappa shape index (κ3) is 2.92. The number of hydrogen-bond acceptors (Lipinski definition) is 3. The fourth-order valence-corrected chi connectivity index (χ4v) is 2.64. The van der Waals surface area contributed by atoms with Crippen molar-refractivity contribution in [1.29, 1.82) is 0 Å². The summed E-state index contributed by atoms with van der Waals surface area (Å²) in [6, 6.07) is 14.2. The Morgan fingerprint density at radius 3 is 2.55 bits per heavy atom. The largest absolute Gasteiger partial charge is 0.340 e. The van der Waals surface area contributed by atoms with Crippen LogP contribution in [-0.4, -0.2) is 9.97 Å². The Morgan fingerprint density at radius 1 is 1.00 bits per heavy atom. The highest BCUT2D eigenvalue weighted by molar-refractivity contribution is 9.10. The van der Waals surface area contributed by atoms with Crippen molar-refractivity contribution in [1.82, 2.24) is 9.97 Å². The number of anilines is 2. The Balaban J connectivity index is 1.96. The molecular formula is C15H11BrClN3. The number of aromatic nitrogens is 2. The molecule has 5 heteroatoms. The number of halogens is 2. The molecule has 0 radical (unpaired) electrons. The first kappa shape index (κ1) is 13.3. The quantitative estimate of drug-likeness (QED) is 0.655. The Morgan fingerprint density at radius 2 is 1.75 bits per heavy atom. The summed E-state index contributed by atoms with van der Waals surface area (Å²) in [4.78, 5) is 8.20. The smallest absolute Gasteiger partial charge is 0.224 e. The molecule has 0 fully saturated rings. The van der Waals surface area contributed by atoms with Crippen LogP contribution in [0.3, 0.4) is 0 Å². The highest BCUT2D eigenvalue weighted by atomic mass is 79.9. The van der Waals surface area contributed by atoms with E-state index in [0.29, 0.717) is 5.82 Å². The van der Waals surface area contributed by atoms with Crippen LogP contribution < -0.4 is 5.32 Å². The van der Waals surface area contributed by atoms with Crippen LogP contribution in [0.2, 0.25) is 5.28 Å². The van der Waals surface area contributed by atoms with Crippen molar-refractivity contribution in [3.63, 3.8) is 0 Å². The minimum Gasteiger partial charge on any atom is -0.340 e. The number of aryl methyl sites for hydroxylation is 1. The van der Waals surface area contributed by atoms with Crippen LogP contribution in [0.5, 0.6) is 0 Å². The van der Waals surface area contributed by atoms with E-state index >= 15 is 0 Å². The van der Waals surface area contributed by atoms with Gasteiger partial charge in [0.1, 0.15) is 5.82 Å². The number of benzene rings is 2. The zero-order valence-corrected chi connectivity index (χ0v) is 13.0. The summed E-state index contributed by atoms with van der Waals surface area (Å²) in [6.45, 7) is 1.89. The van der Waals surface area contributed by atoms with E-state index < -0.39 is 0 Å². The summed E-state index contributed by atoms with van der Waals surface area (Å²) < 4.78 is 1.07. The van der Waals surface area contributed by atoms with Gasteiger partial charge in [-0.2, -0.15) is 0 Å². The summed E-state index contributed by atoms with van der Waals surface area (Å²) in [5.41, 5.74) is 1.80. The topological polar surface area (TPSA) is 37.8 Å². The van der Waals surface area contributed by atoms with Crippen molar-refractivity contribution in [2.45, 2.75) is 6.92 Å². The lowest BCUT2D eigenvalue weighted by atomic mass is 10.1. The lowest BCUT2D eigenvalue weighted by molar-refractivity contribution is 1.10. The van der Waals surface area contributed by atoms with Gasteiger partial charge in [0.05, 0.1) is 0 Å². The molecule has 0 aliphatic heterocycles.